The van der Waals surface area contributed by atoms with E-state index in [0.29, 0.717) is 16.2 Å². The predicted octanol–water partition coefficient (Wildman–Crippen LogP) is 5.24. The summed E-state index contributed by atoms with van der Waals surface area (Å²) in [5.74, 6) is 0.531. The molecule has 0 aliphatic rings. The minimum Gasteiger partial charge on any atom is -0.435 e. The van der Waals surface area contributed by atoms with E-state index in [9.17, 15) is 8.78 Å². The lowest BCUT2D eigenvalue weighted by molar-refractivity contribution is -0.0498. The van der Waals surface area contributed by atoms with Gasteiger partial charge in [-0.15, -0.1) is 0 Å². The fourth-order valence-electron chi connectivity index (χ4n) is 2.85. The first-order valence-corrected chi connectivity index (χ1v) is 8.77. The summed E-state index contributed by atoms with van der Waals surface area (Å²) >= 11 is 5.27. The second kappa shape index (κ2) is 7.69. The maximum atomic E-state index is 12.3. The standard InChI is InChI=1S/C20H14F2N4OS/c21-19(22)27-16-10-8-14(9-11-16)18-24-25-20(28)26(18)23-12-15-6-3-5-13-4-1-2-7-17(13)15/h1-12,19H,(H,25,28). The normalized spacial score (nSPS) is 11.5. The van der Waals surface area contributed by atoms with Gasteiger partial charge in [0.15, 0.2) is 5.82 Å². The van der Waals surface area contributed by atoms with Crippen molar-refractivity contribution in [1.29, 1.82) is 0 Å². The summed E-state index contributed by atoms with van der Waals surface area (Å²) in [6.45, 7) is -2.87. The van der Waals surface area contributed by atoms with Crippen LogP contribution < -0.4 is 4.74 Å². The molecule has 140 valence electrons. The maximum absolute atomic E-state index is 12.3. The van der Waals surface area contributed by atoms with Crippen LogP contribution in [-0.2, 0) is 0 Å². The lowest BCUT2D eigenvalue weighted by Crippen LogP contribution is -2.01. The van der Waals surface area contributed by atoms with Gasteiger partial charge in [0.1, 0.15) is 5.75 Å². The molecule has 0 aliphatic carbocycles. The fraction of sp³-hybridized carbons (Fsp3) is 0.0500. The van der Waals surface area contributed by atoms with Crippen LogP contribution in [0.5, 0.6) is 5.75 Å². The molecule has 3 aromatic carbocycles. The number of fused-ring (bicyclic) bond motifs is 1. The number of benzene rings is 3. The lowest BCUT2D eigenvalue weighted by atomic mass is 10.1. The Morgan fingerprint density at radius 1 is 1.04 bits per heavy atom. The van der Waals surface area contributed by atoms with Gasteiger partial charge in [-0.2, -0.15) is 23.7 Å². The maximum Gasteiger partial charge on any atom is 0.387 e. The van der Waals surface area contributed by atoms with Crippen molar-refractivity contribution in [3.05, 3.63) is 77.1 Å². The third-order valence-electron chi connectivity index (χ3n) is 4.12. The molecule has 0 bridgehead atoms. The Morgan fingerprint density at radius 2 is 1.79 bits per heavy atom. The Kier molecular flexibility index (Phi) is 4.94. The molecule has 1 aromatic heterocycles. The van der Waals surface area contributed by atoms with E-state index in [2.05, 4.69) is 20.0 Å². The Balaban J connectivity index is 1.69. The van der Waals surface area contributed by atoms with Crippen molar-refractivity contribution in [2.75, 3.05) is 0 Å². The van der Waals surface area contributed by atoms with Gasteiger partial charge in [-0.05, 0) is 47.3 Å². The number of ether oxygens (including phenoxy) is 1. The summed E-state index contributed by atoms with van der Waals surface area (Å²) in [6, 6.07) is 20.1. The number of nitrogens with one attached hydrogen (secondary N) is 1. The van der Waals surface area contributed by atoms with Gasteiger partial charge >= 0.3 is 6.61 Å². The summed E-state index contributed by atoms with van der Waals surface area (Å²) in [5.41, 5.74) is 1.59. The van der Waals surface area contributed by atoms with Crippen LogP contribution in [0.4, 0.5) is 8.78 Å². The number of H-pyrrole nitrogens is 1. The fourth-order valence-corrected chi connectivity index (χ4v) is 3.03. The average molecular weight is 396 g/mol. The van der Waals surface area contributed by atoms with E-state index >= 15 is 0 Å². The topological polar surface area (TPSA) is 55.2 Å². The van der Waals surface area contributed by atoms with Gasteiger partial charge in [0, 0.05) is 11.1 Å². The van der Waals surface area contributed by atoms with E-state index in [1.165, 1.54) is 16.8 Å². The molecule has 4 aromatic rings. The Bertz CT molecular complexity index is 1190. The number of aromatic nitrogens is 3. The lowest BCUT2D eigenvalue weighted by Gasteiger charge is -2.06. The van der Waals surface area contributed by atoms with Gasteiger partial charge in [-0.1, -0.05) is 42.5 Å². The minimum atomic E-state index is -2.87. The van der Waals surface area contributed by atoms with E-state index < -0.39 is 6.61 Å². The van der Waals surface area contributed by atoms with Crippen LogP contribution in [0.2, 0.25) is 0 Å². The van der Waals surface area contributed by atoms with Gasteiger partial charge in [-0.3, -0.25) is 0 Å². The molecular weight excluding hydrogens is 382 g/mol. The first kappa shape index (κ1) is 18.0. The van der Waals surface area contributed by atoms with Crippen molar-refractivity contribution in [2.45, 2.75) is 6.61 Å². The smallest absolute Gasteiger partial charge is 0.387 e. The summed E-state index contributed by atoms with van der Waals surface area (Å²) in [4.78, 5) is 0. The number of alkyl halides is 2. The van der Waals surface area contributed by atoms with Gasteiger partial charge in [0.2, 0.25) is 4.77 Å². The largest absolute Gasteiger partial charge is 0.435 e. The molecular formula is C20H14F2N4OS. The SMILES string of the molecule is FC(F)Oc1ccc(-c2n[nH]c(=S)n2N=Cc2cccc3ccccc23)cc1. The molecule has 0 aliphatic heterocycles. The highest BCUT2D eigenvalue weighted by Crippen LogP contribution is 2.22. The summed E-state index contributed by atoms with van der Waals surface area (Å²) in [6.07, 6.45) is 1.71. The van der Waals surface area contributed by atoms with E-state index in [1.54, 1.807) is 18.3 Å². The van der Waals surface area contributed by atoms with E-state index in [-0.39, 0.29) is 5.75 Å². The monoisotopic (exact) mass is 396 g/mol. The number of nitrogens with zero attached hydrogens (tertiary/aromatic N) is 3. The van der Waals surface area contributed by atoms with Crippen LogP contribution in [-0.4, -0.2) is 27.7 Å². The van der Waals surface area contributed by atoms with Gasteiger partial charge in [0.25, 0.3) is 0 Å². The minimum absolute atomic E-state index is 0.0682. The molecule has 0 fully saturated rings. The molecule has 5 nitrogen and oxygen atoms in total. The molecule has 1 N–H and O–H groups in total. The van der Waals surface area contributed by atoms with Crippen LogP contribution >= 0.6 is 12.2 Å². The highest BCUT2D eigenvalue weighted by molar-refractivity contribution is 7.71. The Hall–Kier alpha value is -3.39. The van der Waals surface area contributed by atoms with Crippen LogP contribution in [0.25, 0.3) is 22.2 Å². The Morgan fingerprint density at radius 3 is 2.57 bits per heavy atom. The van der Waals surface area contributed by atoms with Crippen molar-refractivity contribution in [2.24, 2.45) is 5.10 Å². The second-order valence-corrected chi connectivity index (χ2v) is 6.27. The molecule has 0 atom stereocenters. The molecule has 0 saturated heterocycles. The first-order chi connectivity index (χ1) is 13.6. The predicted molar refractivity (Wildman–Crippen MR) is 106 cm³/mol. The highest BCUT2D eigenvalue weighted by Gasteiger charge is 2.10. The number of hydrogen-bond donors (Lipinski definition) is 1. The second-order valence-electron chi connectivity index (χ2n) is 5.88. The van der Waals surface area contributed by atoms with E-state index in [0.717, 1.165) is 16.3 Å². The van der Waals surface area contributed by atoms with E-state index in [4.69, 9.17) is 12.2 Å². The summed E-state index contributed by atoms with van der Waals surface area (Å²) < 4.78 is 30.8. The van der Waals surface area contributed by atoms with Crippen LogP contribution in [0.15, 0.2) is 71.8 Å². The van der Waals surface area contributed by atoms with Crippen molar-refractivity contribution >= 4 is 29.2 Å². The molecule has 4 rings (SSSR count). The molecule has 8 heteroatoms. The van der Waals surface area contributed by atoms with Crippen molar-refractivity contribution in [3.8, 4) is 17.1 Å². The van der Waals surface area contributed by atoms with Gasteiger partial charge in [0.05, 0.1) is 6.21 Å². The number of hydrogen-bond acceptors (Lipinski definition) is 4. The van der Waals surface area contributed by atoms with E-state index in [1.807, 2.05) is 42.5 Å². The zero-order chi connectivity index (χ0) is 19.5. The van der Waals surface area contributed by atoms with Crippen LogP contribution in [0.3, 0.4) is 0 Å². The molecule has 28 heavy (non-hydrogen) atoms. The number of rotatable bonds is 5. The third-order valence-corrected chi connectivity index (χ3v) is 4.39. The zero-order valence-corrected chi connectivity index (χ0v) is 15.2. The molecule has 0 amide bonds. The molecule has 0 spiro atoms. The molecule has 1 heterocycles. The number of aromatic amines is 1. The number of halogens is 2. The van der Waals surface area contributed by atoms with Crippen LogP contribution in [0.1, 0.15) is 5.56 Å². The molecule has 0 radical (unpaired) electrons. The van der Waals surface area contributed by atoms with Gasteiger partial charge < -0.3 is 4.74 Å². The van der Waals surface area contributed by atoms with Crippen molar-refractivity contribution < 1.29 is 13.5 Å². The zero-order valence-electron chi connectivity index (χ0n) is 14.4. The van der Waals surface area contributed by atoms with Crippen molar-refractivity contribution in [1.82, 2.24) is 14.9 Å². The third kappa shape index (κ3) is 3.67. The Labute approximate surface area is 163 Å². The average Bonchev–Trinajstić information content (AvgIpc) is 3.07. The molecule has 0 unspecified atom stereocenters. The summed E-state index contributed by atoms with van der Waals surface area (Å²) in [7, 11) is 0. The summed E-state index contributed by atoms with van der Waals surface area (Å²) in [5, 5.41) is 13.6. The van der Waals surface area contributed by atoms with Crippen LogP contribution in [0, 0.1) is 4.77 Å². The first-order valence-electron chi connectivity index (χ1n) is 8.36. The highest BCUT2D eigenvalue weighted by atomic mass is 32.1. The quantitative estimate of drug-likeness (QED) is 0.371. The van der Waals surface area contributed by atoms with Crippen molar-refractivity contribution in [3.63, 3.8) is 0 Å². The van der Waals surface area contributed by atoms with Gasteiger partial charge in [-0.25, -0.2) is 5.10 Å². The molecule has 0 saturated carbocycles.